The maximum absolute atomic E-state index is 13.1. The Balaban J connectivity index is 1.06. The molecule has 0 spiro atoms. The van der Waals surface area contributed by atoms with Crippen molar-refractivity contribution in [2.45, 2.75) is 97.2 Å². The highest BCUT2D eigenvalue weighted by molar-refractivity contribution is 5.85. The zero-order valence-corrected chi connectivity index (χ0v) is 26.8. The molecule has 1 amide bonds. The number of allylic oxidation sites excluding steroid dienone is 3. The van der Waals surface area contributed by atoms with Crippen LogP contribution >= 0.6 is 0 Å². The number of aliphatic carboxylic acids is 1. The molecule has 0 saturated heterocycles. The van der Waals surface area contributed by atoms with Crippen LogP contribution in [0.4, 0.5) is 0 Å². The molecule has 6 rings (SSSR count). The number of ether oxygens (including phenoxy) is 1. The lowest BCUT2D eigenvalue weighted by Gasteiger charge is -2.57. The van der Waals surface area contributed by atoms with E-state index in [9.17, 15) is 19.5 Å². The summed E-state index contributed by atoms with van der Waals surface area (Å²) in [5.41, 5.74) is 5.35. The SMILES string of the molecule is C[C@@H](C(=O)O)N(Cc1ccccc1)C(=O)CCC(=O)O[C@H]1CC[C@@]2(C)C(=CC[C@@H]3[C@@H]2CC[C@]2(C)C(c4cccnc4)=CC[C@@H]32)C1. The Kier molecular flexibility index (Phi) is 8.73. The number of amides is 1. The lowest BCUT2D eigenvalue weighted by Crippen LogP contribution is -2.50. The molecule has 2 saturated carbocycles. The number of fused-ring (bicyclic) bond motifs is 5. The molecule has 7 nitrogen and oxygen atoms in total. The van der Waals surface area contributed by atoms with E-state index in [0.717, 1.165) is 37.7 Å². The molecule has 2 fully saturated rings. The number of hydrogen-bond acceptors (Lipinski definition) is 5. The molecule has 2 aromatic rings. The lowest BCUT2D eigenvalue weighted by molar-refractivity contribution is -0.154. The van der Waals surface area contributed by atoms with Gasteiger partial charge in [0, 0.05) is 31.8 Å². The van der Waals surface area contributed by atoms with Crippen molar-refractivity contribution in [1.29, 1.82) is 0 Å². The molecule has 1 N–H and O–H groups in total. The van der Waals surface area contributed by atoms with Crippen molar-refractivity contribution in [3.63, 3.8) is 0 Å². The third-order valence-electron chi connectivity index (χ3n) is 11.8. The summed E-state index contributed by atoms with van der Waals surface area (Å²) in [6.07, 6.45) is 15.7. The van der Waals surface area contributed by atoms with Crippen LogP contribution in [0.1, 0.15) is 89.7 Å². The van der Waals surface area contributed by atoms with Crippen LogP contribution in [-0.4, -0.2) is 45.0 Å². The van der Waals surface area contributed by atoms with Gasteiger partial charge in [-0.25, -0.2) is 4.79 Å². The first-order valence-electron chi connectivity index (χ1n) is 16.7. The molecule has 1 heterocycles. The Labute approximate surface area is 266 Å². The molecule has 238 valence electrons. The normalized spacial score (nSPS) is 30.9. The number of carboxylic acid groups (broad SMARTS) is 1. The summed E-state index contributed by atoms with van der Waals surface area (Å²) in [7, 11) is 0. The number of hydrogen-bond donors (Lipinski definition) is 1. The fourth-order valence-corrected chi connectivity index (χ4v) is 9.22. The second kappa shape index (κ2) is 12.6. The second-order valence-electron chi connectivity index (χ2n) is 14.2. The summed E-state index contributed by atoms with van der Waals surface area (Å²) >= 11 is 0. The molecular weight excluding hydrogens is 564 g/mol. The average Bonchev–Trinajstić information content (AvgIpc) is 3.40. The van der Waals surface area contributed by atoms with Gasteiger partial charge in [0.2, 0.25) is 5.91 Å². The van der Waals surface area contributed by atoms with Gasteiger partial charge in [-0.05, 0) is 96.8 Å². The van der Waals surface area contributed by atoms with Crippen LogP contribution < -0.4 is 0 Å². The highest BCUT2D eigenvalue weighted by Crippen LogP contribution is 2.66. The van der Waals surface area contributed by atoms with Gasteiger partial charge in [0.25, 0.3) is 0 Å². The molecule has 1 aromatic heterocycles. The first kappa shape index (κ1) is 31.3. The number of nitrogens with zero attached hydrogens (tertiary/aromatic N) is 2. The third kappa shape index (κ3) is 5.98. The Bertz CT molecular complexity index is 1490. The topological polar surface area (TPSA) is 96.8 Å². The summed E-state index contributed by atoms with van der Waals surface area (Å²) < 4.78 is 5.95. The number of pyridine rings is 1. The minimum absolute atomic E-state index is 0.0551. The number of esters is 1. The highest BCUT2D eigenvalue weighted by atomic mass is 16.5. The minimum atomic E-state index is -1.07. The van der Waals surface area contributed by atoms with E-state index in [2.05, 4.69) is 37.0 Å². The fraction of sp³-hybridized carbons (Fsp3) is 0.526. The zero-order valence-electron chi connectivity index (χ0n) is 26.8. The number of aromatic nitrogens is 1. The van der Waals surface area contributed by atoms with E-state index in [0.29, 0.717) is 17.8 Å². The lowest BCUT2D eigenvalue weighted by atomic mass is 9.47. The zero-order chi connectivity index (χ0) is 31.8. The van der Waals surface area contributed by atoms with Gasteiger partial charge in [-0.1, -0.05) is 68.0 Å². The number of carbonyl (C=O) groups excluding carboxylic acids is 2. The van der Waals surface area contributed by atoms with Crippen LogP contribution in [0, 0.1) is 28.6 Å². The van der Waals surface area contributed by atoms with Crippen LogP contribution in [0.3, 0.4) is 0 Å². The number of benzene rings is 1. The van der Waals surface area contributed by atoms with E-state index < -0.39 is 12.0 Å². The Morgan fingerprint density at radius 3 is 2.49 bits per heavy atom. The molecule has 1 aromatic carbocycles. The monoisotopic (exact) mass is 610 g/mol. The second-order valence-corrected chi connectivity index (χ2v) is 14.2. The maximum atomic E-state index is 13.1. The van der Waals surface area contributed by atoms with Gasteiger partial charge in [-0.2, -0.15) is 0 Å². The van der Waals surface area contributed by atoms with E-state index in [1.165, 1.54) is 41.4 Å². The molecule has 45 heavy (non-hydrogen) atoms. The van der Waals surface area contributed by atoms with E-state index in [4.69, 9.17) is 4.74 Å². The van der Waals surface area contributed by atoms with Crippen LogP contribution in [0.25, 0.3) is 5.57 Å². The predicted octanol–water partition coefficient (Wildman–Crippen LogP) is 7.23. The Morgan fingerprint density at radius 1 is 0.978 bits per heavy atom. The van der Waals surface area contributed by atoms with Crippen molar-refractivity contribution >= 4 is 23.4 Å². The molecular formula is C38H46N2O5. The molecule has 7 atom stereocenters. The minimum Gasteiger partial charge on any atom is -0.480 e. The van der Waals surface area contributed by atoms with Crippen LogP contribution in [0.2, 0.25) is 0 Å². The number of rotatable bonds is 9. The van der Waals surface area contributed by atoms with E-state index >= 15 is 0 Å². The molecule has 0 bridgehead atoms. The van der Waals surface area contributed by atoms with Crippen molar-refractivity contribution in [2.75, 3.05) is 0 Å². The Hall–Kier alpha value is -3.74. The number of carbonyl (C=O) groups is 3. The summed E-state index contributed by atoms with van der Waals surface area (Å²) in [6, 6.07) is 12.6. The number of carboxylic acids is 1. The van der Waals surface area contributed by atoms with Gasteiger partial charge in [0.05, 0.1) is 6.42 Å². The van der Waals surface area contributed by atoms with Gasteiger partial charge in [0.15, 0.2) is 0 Å². The van der Waals surface area contributed by atoms with Crippen LogP contribution in [0.15, 0.2) is 72.6 Å². The first-order chi connectivity index (χ1) is 21.6. The van der Waals surface area contributed by atoms with Crippen molar-refractivity contribution in [3.05, 3.63) is 83.7 Å². The average molecular weight is 611 g/mol. The quantitative estimate of drug-likeness (QED) is 0.238. The van der Waals surface area contributed by atoms with Crippen molar-refractivity contribution in [1.82, 2.24) is 9.88 Å². The summed E-state index contributed by atoms with van der Waals surface area (Å²) in [4.78, 5) is 43.5. The molecule has 4 aliphatic rings. The fourth-order valence-electron chi connectivity index (χ4n) is 9.22. The van der Waals surface area contributed by atoms with E-state index in [-0.39, 0.29) is 48.2 Å². The van der Waals surface area contributed by atoms with Gasteiger partial charge in [0.1, 0.15) is 12.1 Å². The summed E-state index contributed by atoms with van der Waals surface area (Å²) in [5, 5.41) is 9.58. The van der Waals surface area contributed by atoms with Crippen LogP contribution in [0.5, 0.6) is 0 Å². The molecule has 0 radical (unpaired) electrons. The predicted molar refractivity (Wildman–Crippen MR) is 173 cm³/mol. The van der Waals surface area contributed by atoms with Crippen LogP contribution in [-0.2, 0) is 25.7 Å². The van der Waals surface area contributed by atoms with Gasteiger partial charge < -0.3 is 14.7 Å². The molecule has 7 heteroatoms. The Morgan fingerprint density at radius 2 is 1.76 bits per heavy atom. The third-order valence-corrected chi connectivity index (χ3v) is 11.8. The first-order valence-corrected chi connectivity index (χ1v) is 16.7. The summed E-state index contributed by atoms with van der Waals surface area (Å²) in [5.74, 6) is 0.108. The van der Waals surface area contributed by atoms with Crippen molar-refractivity contribution in [2.24, 2.45) is 28.6 Å². The molecule has 0 unspecified atom stereocenters. The van der Waals surface area contributed by atoms with Crippen molar-refractivity contribution in [3.8, 4) is 0 Å². The van der Waals surface area contributed by atoms with Gasteiger partial charge in [-0.3, -0.25) is 14.6 Å². The largest absolute Gasteiger partial charge is 0.480 e. The maximum Gasteiger partial charge on any atom is 0.326 e. The molecule has 0 aliphatic heterocycles. The van der Waals surface area contributed by atoms with Crippen molar-refractivity contribution < 1.29 is 24.2 Å². The van der Waals surface area contributed by atoms with E-state index in [1.807, 2.05) is 48.8 Å². The smallest absolute Gasteiger partial charge is 0.326 e. The highest BCUT2D eigenvalue weighted by Gasteiger charge is 2.57. The van der Waals surface area contributed by atoms with Gasteiger partial charge in [-0.15, -0.1) is 0 Å². The standard InChI is InChI=1S/C38H46N2O5/c1-25(36(43)44)40(24-26-8-5-4-6-9-26)34(41)15-16-35(42)45-29-17-19-37(2)28(22-29)11-12-30-32-14-13-31(27-10-7-21-39-23-27)38(32,3)20-18-33(30)37/h4-11,13,21,23,25,29-30,32-33H,12,14-20,22,24H2,1-3H3,(H,43,44)/t25-,29-,30-,32-,33-,37-,38+/m0/s1. The van der Waals surface area contributed by atoms with E-state index in [1.54, 1.807) is 0 Å². The van der Waals surface area contributed by atoms with Gasteiger partial charge >= 0.3 is 11.9 Å². The summed E-state index contributed by atoms with van der Waals surface area (Å²) in [6.45, 7) is 6.61. The molecule has 4 aliphatic carbocycles.